The SMILES string of the molecule is O=C1N(c2cccnc2)CCC12CN(Cc1ccccn1)CC(F)(F)C2. The van der Waals surface area contributed by atoms with Crippen molar-refractivity contribution in [1.82, 2.24) is 14.9 Å². The monoisotopic (exact) mass is 358 g/mol. The van der Waals surface area contributed by atoms with Crippen LogP contribution in [0.25, 0.3) is 0 Å². The van der Waals surface area contributed by atoms with Gasteiger partial charge in [-0.05, 0) is 30.7 Å². The van der Waals surface area contributed by atoms with E-state index in [0.717, 1.165) is 5.69 Å². The molecule has 4 heterocycles. The third kappa shape index (κ3) is 3.19. The molecule has 26 heavy (non-hydrogen) atoms. The van der Waals surface area contributed by atoms with Crippen molar-refractivity contribution in [1.29, 1.82) is 0 Å². The van der Waals surface area contributed by atoms with Gasteiger partial charge in [0, 0.05) is 38.4 Å². The molecule has 2 aromatic heterocycles. The zero-order valence-corrected chi connectivity index (χ0v) is 14.3. The Labute approximate surface area is 150 Å². The van der Waals surface area contributed by atoms with E-state index in [1.54, 1.807) is 46.6 Å². The second-order valence-corrected chi connectivity index (χ2v) is 7.20. The minimum Gasteiger partial charge on any atom is -0.310 e. The van der Waals surface area contributed by atoms with Crippen molar-refractivity contribution in [3.8, 4) is 0 Å². The van der Waals surface area contributed by atoms with Crippen LogP contribution in [0.5, 0.6) is 0 Å². The van der Waals surface area contributed by atoms with Gasteiger partial charge in [-0.3, -0.25) is 19.7 Å². The molecule has 1 amide bonds. The van der Waals surface area contributed by atoms with Crippen LogP contribution >= 0.6 is 0 Å². The number of aromatic nitrogens is 2. The van der Waals surface area contributed by atoms with E-state index in [9.17, 15) is 13.6 Å². The lowest BCUT2D eigenvalue weighted by Crippen LogP contribution is -2.55. The number of nitrogens with zero attached hydrogens (tertiary/aromatic N) is 4. The van der Waals surface area contributed by atoms with Crippen molar-refractivity contribution in [3.05, 3.63) is 54.6 Å². The average molecular weight is 358 g/mol. The lowest BCUT2D eigenvalue weighted by molar-refractivity contribution is -0.147. The van der Waals surface area contributed by atoms with Gasteiger partial charge in [0.2, 0.25) is 5.91 Å². The summed E-state index contributed by atoms with van der Waals surface area (Å²) >= 11 is 0. The molecule has 2 aliphatic heterocycles. The van der Waals surface area contributed by atoms with Crippen LogP contribution in [0, 0.1) is 5.41 Å². The molecule has 1 spiro atoms. The van der Waals surface area contributed by atoms with Crippen molar-refractivity contribution >= 4 is 11.6 Å². The fourth-order valence-electron chi connectivity index (χ4n) is 4.14. The molecule has 136 valence electrons. The smallest absolute Gasteiger partial charge is 0.261 e. The van der Waals surface area contributed by atoms with E-state index in [0.29, 0.717) is 31.7 Å². The summed E-state index contributed by atoms with van der Waals surface area (Å²) in [5.41, 5.74) is 0.348. The fraction of sp³-hybridized carbons (Fsp3) is 0.421. The van der Waals surface area contributed by atoms with Gasteiger partial charge in [-0.15, -0.1) is 0 Å². The van der Waals surface area contributed by atoms with E-state index in [1.807, 2.05) is 12.1 Å². The number of amides is 1. The van der Waals surface area contributed by atoms with E-state index in [1.165, 1.54) is 0 Å². The molecule has 2 aliphatic rings. The summed E-state index contributed by atoms with van der Waals surface area (Å²) in [6, 6.07) is 8.98. The summed E-state index contributed by atoms with van der Waals surface area (Å²) in [4.78, 5) is 24.6. The number of carbonyl (C=O) groups excluding carboxylic acids is 1. The van der Waals surface area contributed by atoms with Crippen molar-refractivity contribution in [3.63, 3.8) is 0 Å². The molecule has 4 rings (SSSR count). The summed E-state index contributed by atoms with van der Waals surface area (Å²) in [5, 5.41) is 0. The van der Waals surface area contributed by atoms with Gasteiger partial charge in [0.25, 0.3) is 5.92 Å². The topological polar surface area (TPSA) is 49.3 Å². The van der Waals surface area contributed by atoms with E-state index in [-0.39, 0.29) is 12.5 Å². The molecule has 2 aromatic rings. The quantitative estimate of drug-likeness (QED) is 0.847. The summed E-state index contributed by atoms with van der Waals surface area (Å²) < 4.78 is 29.0. The van der Waals surface area contributed by atoms with Crippen LogP contribution in [0.15, 0.2) is 48.9 Å². The van der Waals surface area contributed by atoms with Crippen molar-refractivity contribution in [2.75, 3.05) is 24.5 Å². The molecule has 0 bridgehead atoms. The van der Waals surface area contributed by atoms with Crippen LogP contribution < -0.4 is 4.90 Å². The Kier molecular flexibility index (Phi) is 4.19. The fourth-order valence-corrected chi connectivity index (χ4v) is 4.14. The largest absolute Gasteiger partial charge is 0.310 e. The van der Waals surface area contributed by atoms with Crippen molar-refractivity contribution < 1.29 is 13.6 Å². The van der Waals surface area contributed by atoms with E-state index in [2.05, 4.69) is 9.97 Å². The molecule has 0 aliphatic carbocycles. The molecule has 2 fully saturated rings. The Morgan fingerprint density at radius 3 is 2.73 bits per heavy atom. The molecule has 2 saturated heterocycles. The highest BCUT2D eigenvalue weighted by Crippen LogP contribution is 2.46. The van der Waals surface area contributed by atoms with Gasteiger partial charge < -0.3 is 4.90 Å². The summed E-state index contributed by atoms with van der Waals surface area (Å²) in [7, 11) is 0. The zero-order valence-electron chi connectivity index (χ0n) is 14.3. The molecule has 0 radical (unpaired) electrons. The maximum absolute atomic E-state index is 14.5. The van der Waals surface area contributed by atoms with Gasteiger partial charge in [-0.2, -0.15) is 0 Å². The van der Waals surface area contributed by atoms with Gasteiger partial charge in [-0.25, -0.2) is 8.78 Å². The summed E-state index contributed by atoms with van der Waals surface area (Å²) in [6.07, 6.45) is 4.91. The lowest BCUT2D eigenvalue weighted by Gasteiger charge is -2.42. The van der Waals surface area contributed by atoms with Crippen LogP contribution in [-0.2, 0) is 11.3 Å². The van der Waals surface area contributed by atoms with Crippen LogP contribution in [-0.4, -0.2) is 46.3 Å². The Hall–Kier alpha value is -2.41. The van der Waals surface area contributed by atoms with E-state index in [4.69, 9.17) is 0 Å². The highest BCUT2D eigenvalue weighted by molar-refractivity contribution is 6.00. The Morgan fingerprint density at radius 2 is 2.00 bits per heavy atom. The van der Waals surface area contributed by atoms with Gasteiger partial charge >= 0.3 is 0 Å². The number of carbonyl (C=O) groups is 1. The number of piperidine rings is 1. The van der Waals surface area contributed by atoms with Gasteiger partial charge in [0.15, 0.2) is 0 Å². The van der Waals surface area contributed by atoms with Crippen molar-refractivity contribution in [2.45, 2.75) is 25.3 Å². The highest BCUT2D eigenvalue weighted by atomic mass is 19.3. The van der Waals surface area contributed by atoms with Crippen LogP contribution in [0.3, 0.4) is 0 Å². The molecule has 1 unspecified atom stereocenters. The predicted molar refractivity (Wildman–Crippen MR) is 92.7 cm³/mol. The Balaban J connectivity index is 1.58. The Morgan fingerprint density at radius 1 is 1.12 bits per heavy atom. The first-order valence-electron chi connectivity index (χ1n) is 8.70. The predicted octanol–water partition coefficient (Wildman–Crippen LogP) is 2.74. The van der Waals surface area contributed by atoms with Gasteiger partial charge in [-0.1, -0.05) is 6.07 Å². The number of hydrogen-bond acceptors (Lipinski definition) is 4. The van der Waals surface area contributed by atoms with E-state index < -0.39 is 17.8 Å². The third-order valence-electron chi connectivity index (χ3n) is 5.16. The second-order valence-electron chi connectivity index (χ2n) is 7.20. The number of rotatable bonds is 3. The normalized spacial score (nSPS) is 25.8. The highest BCUT2D eigenvalue weighted by Gasteiger charge is 2.57. The Bertz CT molecular complexity index is 787. The van der Waals surface area contributed by atoms with Crippen molar-refractivity contribution in [2.24, 2.45) is 5.41 Å². The minimum absolute atomic E-state index is 0.226. The number of hydrogen-bond donors (Lipinski definition) is 0. The number of pyridine rings is 2. The molecule has 0 N–H and O–H groups in total. The first-order valence-corrected chi connectivity index (χ1v) is 8.70. The van der Waals surface area contributed by atoms with Crippen LogP contribution in [0.1, 0.15) is 18.5 Å². The molecule has 7 heteroatoms. The lowest BCUT2D eigenvalue weighted by atomic mass is 9.77. The summed E-state index contributed by atoms with van der Waals surface area (Å²) in [5.74, 6) is -3.12. The number of likely N-dealkylation sites (tertiary alicyclic amines) is 1. The maximum atomic E-state index is 14.5. The van der Waals surface area contributed by atoms with Gasteiger partial charge in [0.05, 0.1) is 29.5 Å². The molecular weight excluding hydrogens is 338 g/mol. The minimum atomic E-state index is -2.90. The van der Waals surface area contributed by atoms with E-state index >= 15 is 0 Å². The zero-order chi connectivity index (χ0) is 18.2. The third-order valence-corrected chi connectivity index (χ3v) is 5.16. The first kappa shape index (κ1) is 17.0. The molecule has 1 atom stereocenters. The maximum Gasteiger partial charge on any atom is 0.261 e. The molecule has 5 nitrogen and oxygen atoms in total. The standard InChI is InChI=1S/C19H20F2N4O/c20-19(21)12-18(13-24(14-19)11-15-4-1-2-8-23-15)6-9-25(17(18)26)16-5-3-7-22-10-16/h1-5,7-8,10H,6,9,11-14H2. The summed E-state index contributed by atoms with van der Waals surface area (Å²) in [6.45, 7) is 0.747. The van der Waals surface area contributed by atoms with Crippen LogP contribution in [0.2, 0.25) is 0 Å². The second kappa shape index (κ2) is 6.39. The van der Waals surface area contributed by atoms with Gasteiger partial charge in [0.1, 0.15) is 0 Å². The molecule has 0 aromatic carbocycles. The molecule has 0 saturated carbocycles. The average Bonchev–Trinajstić information content (AvgIpc) is 2.91. The number of halogens is 2. The number of anilines is 1. The number of alkyl halides is 2. The first-order chi connectivity index (χ1) is 12.5. The van der Waals surface area contributed by atoms with Crippen LogP contribution in [0.4, 0.5) is 14.5 Å². The molecular formula is C19H20F2N4O.